The molecular formula is C20H24N4O2. The van der Waals surface area contributed by atoms with Gasteiger partial charge in [-0.15, -0.1) is 0 Å². The Hall–Kier alpha value is -2.63. The maximum absolute atomic E-state index is 13.0. The van der Waals surface area contributed by atoms with Crippen LogP contribution in [0, 0.1) is 12.8 Å². The van der Waals surface area contributed by atoms with E-state index in [1.165, 1.54) is 0 Å². The number of fused-ring (bicyclic) bond motifs is 1. The van der Waals surface area contributed by atoms with Crippen molar-refractivity contribution in [3.8, 4) is 0 Å². The molecule has 1 unspecified atom stereocenters. The van der Waals surface area contributed by atoms with E-state index in [2.05, 4.69) is 10.2 Å². The van der Waals surface area contributed by atoms with E-state index >= 15 is 0 Å². The molecule has 1 atom stereocenters. The Morgan fingerprint density at radius 2 is 1.96 bits per heavy atom. The van der Waals surface area contributed by atoms with Gasteiger partial charge in [-0.2, -0.15) is 5.10 Å². The average molecular weight is 352 g/mol. The van der Waals surface area contributed by atoms with Gasteiger partial charge in [0.05, 0.1) is 12.1 Å². The van der Waals surface area contributed by atoms with E-state index < -0.39 is 0 Å². The van der Waals surface area contributed by atoms with E-state index in [-0.39, 0.29) is 17.7 Å². The lowest BCUT2D eigenvalue weighted by Crippen LogP contribution is -2.47. The lowest BCUT2D eigenvalue weighted by Gasteiger charge is -2.36. The van der Waals surface area contributed by atoms with Gasteiger partial charge in [0.15, 0.2) is 0 Å². The lowest BCUT2D eigenvalue weighted by atomic mass is 9.94. The molecule has 136 valence electrons. The third-order valence-corrected chi connectivity index (χ3v) is 5.47. The third kappa shape index (κ3) is 3.23. The van der Waals surface area contributed by atoms with E-state index in [0.717, 1.165) is 49.2 Å². The summed E-state index contributed by atoms with van der Waals surface area (Å²) < 4.78 is 0. The fourth-order valence-corrected chi connectivity index (χ4v) is 3.91. The molecule has 6 nitrogen and oxygen atoms in total. The van der Waals surface area contributed by atoms with Crippen molar-refractivity contribution in [2.45, 2.75) is 32.7 Å². The van der Waals surface area contributed by atoms with E-state index in [9.17, 15) is 9.59 Å². The number of nitrogens with one attached hydrogen (secondary N) is 1. The molecule has 1 fully saturated rings. The van der Waals surface area contributed by atoms with Gasteiger partial charge in [0.1, 0.15) is 0 Å². The minimum Gasteiger partial charge on any atom is -0.338 e. The molecule has 0 saturated carbocycles. The lowest BCUT2D eigenvalue weighted by molar-refractivity contribution is -0.137. The molecule has 0 radical (unpaired) electrons. The van der Waals surface area contributed by atoms with Crippen LogP contribution in [0.3, 0.4) is 0 Å². The molecule has 6 heteroatoms. The Labute approximate surface area is 153 Å². The maximum Gasteiger partial charge on any atom is 0.253 e. The number of nitrogens with zero attached hydrogens (tertiary/aromatic N) is 3. The molecule has 1 N–H and O–H groups in total. The Morgan fingerprint density at radius 3 is 2.77 bits per heavy atom. The predicted molar refractivity (Wildman–Crippen MR) is 97.5 cm³/mol. The molecule has 4 rings (SSSR count). The number of aryl methyl sites for hydroxylation is 1. The molecule has 2 aliphatic heterocycles. The Balaban J connectivity index is 1.42. The topological polar surface area (TPSA) is 69.3 Å². The van der Waals surface area contributed by atoms with Gasteiger partial charge in [0.2, 0.25) is 5.91 Å². The van der Waals surface area contributed by atoms with Crippen molar-refractivity contribution in [2.24, 2.45) is 5.92 Å². The van der Waals surface area contributed by atoms with Crippen LogP contribution in [0.2, 0.25) is 0 Å². The van der Waals surface area contributed by atoms with Gasteiger partial charge in [-0.3, -0.25) is 14.7 Å². The van der Waals surface area contributed by atoms with Gasteiger partial charge in [-0.1, -0.05) is 17.7 Å². The number of hydrogen-bond donors (Lipinski definition) is 1. The zero-order valence-corrected chi connectivity index (χ0v) is 15.1. The standard InChI is InChI=1S/C20H24N4O2/c1-14-4-6-15(7-5-14)19(25)23-9-2-3-16(12-23)20(26)24-10-8-18-17(13-24)11-21-22-18/h4-7,11,16H,2-3,8-10,12-13H2,1H3,(H,21,22). The average Bonchev–Trinajstić information content (AvgIpc) is 3.15. The number of piperidine rings is 1. The van der Waals surface area contributed by atoms with Gasteiger partial charge >= 0.3 is 0 Å². The molecule has 26 heavy (non-hydrogen) atoms. The zero-order valence-electron chi connectivity index (χ0n) is 15.1. The summed E-state index contributed by atoms with van der Waals surface area (Å²) in [6.45, 7) is 4.58. The van der Waals surface area contributed by atoms with Gasteiger partial charge < -0.3 is 9.80 Å². The van der Waals surface area contributed by atoms with Gasteiger partial charge in [-0.05, 0) is 31.9 Å². The van der Waals surface area contributed by atoms with Crippen molar-refractivity contribution in [1.82, 2.24) is 20.0 Å². The first-order valence-corrected chi connectivity index (χ1v) is 9.27. The number of likely N-dealkylation sites (tertiary alicyclic amines) is 1. The second-order valence-corrected chi connectivity index (χ2v) is 7.34. The van der Waals surface area contributed by atoms with Crippen molar-refractivity contribution in [3.63, 3.8) is 0 Å². The molecular weight excluding hydrogens is 328 g/mol. The number of amides is 2. The summed E-state index contributed by atoms with van der Waals surface area (Å²) in [5.41, 5.74) is 4.07. The quantitative estimate of drug-likeness (QED) is 0.900. The summed E-state index contributed by atoms with van der Waals surface area (Å²) in [4.78, 5) is 29.5. The van der Waals surface area contributed by atoms with Crippen LogP contribution in [0.1, 0.15) is 40.0 Å². The fraction of sp³-hybridized carbons (Fsp3) is 0.450. The van der Waals surface area contributed by atoms with Crippen LogP contribution in [0.5, 0.6) is 0 Å². The molecule has 2 aromatic rings. The van der Waals surface area contributed by atoms with Crippen LogP contribution >= 0.6 is 0 Å². The predicted octanol–water partition coefficient (Wildman–Crippen LogP) is 2.16. The molecule has 0 bridgehead atoms. The number of carbonyl (C=O) groups is 2. The Morgan fingerprint density at radius 1 is 1.15 bits per heavy atom. The number of rotatable bonds is 2. The van der Waals surface area contributed by atoms with Crippen molar-refractivity contribution >= 4 is 11.8 Å². The van der Waals surface area contributed by atoms with Gasteiger partial charge in [0, 0.05) is 49.4 Å². The molecule has 1 saturated heterocycles. The van der Waals surface area contributed by atoms with Crippen LogP contribution in [0.15, 0.2) is 30.5 Å². The molecule has 0 aliphatic carbocycles. The fourth-order valence-electron chi connectivity index (χ4n) is 3.91. The molecule has 0 spiro atoms. The van der Waals surface area contributed by atoms with Gasteiger partial charge in [-0.25, -0.2) is 0 Å². The highest BCUT2D eigenvalue weighted by molar-refractivity contribution is 5.94. The molecule has 1 aromatic carbocycles. The Kier molecular flexibility index (Phi) is 4.49. The van der Waals surface area contributed by atoms with Crippen molar-refractivity contribution in [3.05, 3.63) is 52.8 Å². The summed E-state index contributed by atoms with van der Waals surface area (Å²) in [5.74, 6) is 0.0862. The highest BCUT2D eigenvalue weighted by Gasteiger charge is 2.33. The first kappa shape index (κ1) is 16.8. The second kappa shape index (κ2) is 6.94. The normalized spacial score (nSPS) is 20.0. The molecule has 2 aliphatic rings. The summed E-state index contributed by atoms with van der Waals surface area (Å²) in [6.07, 6.45) is 4.35. The Bertz CT molecular complexity index is 811. The number of H-pyrrole nitrogens is 1. The van der Waals surface area contributed by atoms with Crippen LogP contribution in [0.4, 0.5) is 0 Å². The number of carbonyl (C=O) groups excluding carboxylic acids is 2. The third-order valence-electron chi connectivity index (χ3n) is 5.47. The minimum atomic E-state index is -0.105. The van der Waals surface area contributed by atoms with E-state index in [1.807, 2.05) is 47.2 Å². The van der Waals surface area contributed by atoms with E-state index in [4.69, 9.17) is 0 Å². The smallest absolute Gasteiger partial charge is 0.253 e. The number of aromatic nitrogens is 2. The highest BCUT2D eigenvalue weighted by atomic mass is 16.2. The summed E-state index contributed by atoms with van der Waals surface area (Å²) in [5, 5.41) is 7.07. The summed E-state index contributed by atoms with van der Waals surface area (Å²) in [7, 11) is 0. The van der Waals surface area contributed by atoms with Crippen molar-refractivity contribution < 1.29 is 9.59 Å². The van der Waals surface area contributed by atoms with Crippen LogP contribution < -0.4 is 0 Å². The SMILES string of the molecule is Cc1ccc(C(=O)N2CCCC(C(=O)N3CCc4[nH]ncc4C3)C2)cc1. The number of hydrogen-bond acceptors (Lipinski definition) is 3. The highest BCUT2D eigenvalue weighted by Crippen LogP contribution is 2.24. The molecule has 3 heterocycles. The van der Waals surface area contributed by atoms with E-state index in [1.54, 1.807) is 0 Å². The number of aromatic amines is 1. The maximum atomic E-state index is 13.0. The minimum absolute atomic E-state index is 0.0262. The van der Waals surface area contributed by atoms with Crippen molar-refractivity contribution in [1.29, 1.82) is 0 Å². The van der Waals surface area contributed by atoms with Crippen LogP contribution in [-0.2, 0) is 17.8 Å². The molecule has 2 amide bonds. The molecule has 1 aromatic heterocycles. The van der Waals surface area contributed by atoms with Crippen molar-refractivity contribution in [2.75, 3.05) is 19.6 Å². The number of benzene rings is 1. The first-order valence-electron chi connectivity index (χ1n) is 9.27. The summed E-state index contributed by atoms with van der Waals surface area (Å²) >= 11 is 0. The first-order chi connectivity index (χ1) is 12.6. The second-order valence-electron chi connectivity index (χ2n) is 7.34. The largest absolute Gasteiger partial charge is 0.338 e. The van der Waals surface area contributed by atoms with Crippen LogP contribution in [-0.4, -0.2) is 51.4 Å². The van der Waals surface area contributed by atoms with Crippen LogP contribution in [0.25, 0.3) is 0 Å². The van der Waals surface area contributed by atoms with E-state index in [0.29, 0.717) is 18.7 Å². The monoisotopic (exact) mass is 352 g/mol. The van der Waals surface area contributed by atoms with Gasteiger partial charge in [0.25, 0.3) is 5.91 Å². The zero-order chi connectivity index (χ0) is 18.1. The summed E-state index contributed by atoms with van der Waals surface area (Å²) in [6, 6.07) is 7.65.